The molecule has 1 saturated carbocycles. The second-order valence-electron chi connectivity index (χ2n) is 4.57. The van der Waals surface area contributed by atoms with Crippen LogP contribution in [0, 0.1) is 5.82 Å². The Bertz CT molecular complexity index is 503. The molecule has 108 valence electrons. The van der Waals surface area contributed by atoms with Crippen molar-refractivity contribution in [3.8, 4) is 0 Å². The van der Waals surface area contributed by atoms with Gasteiger partial charge in [0.25, 0.3) is 0 Å². The van der Waals surface area contributed by atoms with E-state index in [1.807, 2.05) is 0 Å². The predicted molar refractivity (Wildman–Crippen MR) is 71.8 cm³/mol. The molecular weight excluding hydrogens is 263 g/mol. The highest BCUT2D eigenvalue weighted by molar-refractivity contribution is 5.92. The van der Waals surface area contributed by atoms with Gasteiger partial charge in [0.1, 0.15) is 12.4 Å². The number of nitrogens with zero attached hydrogens (tertiary/aromatic N) is 1. The van der Waals surface area contributed by atoms with E-state index in [1.165, 1.54) is 17.0 Å². The SMILES string of the molecule is CCOC(=O)CN(C(=O)Nc1ccccc1F)C1CC1. The smallest absolute Gasteiger partial charge is 0.325 e. The summed E-state index contributed by atoms with van der Waals surface area (Å²) in [5, 5.41) is 2.48. The van der Waals surface area contributed by atoms with Gasteiger partial charge in [-0.05, 0) is 31.9 Å². The zero-order valence-electron chi connectivity index (χ0n) is 11.3. The maximum Gasteiger partial charge on any atom is 0.325 e. The van der Waals surface area contributed by atoms with Gasteiger partial charge in [0, 0.05) is 6.04 Å². The Morgan fingerprint density at radius 2 is 2.10 bits per heavy atom. The molecule has 0 bridgehead atoms. The van der Waals surface area contributed by atoms with Crippen LogP contribution in [-0.4, -0.2) is 36.1 Å². The minimum atomic E-state index is -0.507. The molecule has 0 atom stereocenters. The van der Waals surface area contributed by atoms with Gasteiger partial charge in [0.15, 0.2) is 0 Å². The van der Waals surface area contributed by atoms with E-state index in [2.05, 4.69) is 5.32 Å². The van der Waals surface area contributed by atoms with Crippen molar-refractivity contribution < 1.29 is 18.7 Å². The first-order valence-electron chi connectivity index (χ1n) is 6.59. The van der Waals surface area contributed by atoms with Crippen LogP contribution in [-0.2, 0) is 9.53 Å². The third kappa shape index (κ3) is 3.69. The van der Waals surface area contributed by atoms with Gasteiger partial charge in [-0.15, -0.1) is 0 Å². The lowest BCUT2D eigenvalue weighted by molar-refractivity contribution is -0.143. The zero-order chi connectivity index (χ0) is 14.5. The van der Waals surface area contributed by atoms with Crippen molar-refractivity contribution in [2.45, 2.75) is 25.8 Å². The van der Waals surface area contributed by atoms with Crippen molar-refractivity contribution >= 4 is 17.7 Å². The molecule has 0 saturated heterocycles. The van der Waals surface area contributed by atoms with Crippen LogP contribution < -0.4 is 5.32 Å². The van der Waals surface area contributed by atoms with Crippen molar-refractivity contribution in [1.82, 2.24) is 4.90 Å². The fourth-order valence-electron chi connectivity index (χ4n) is 1.85. The van der Waals surface area contributed by atoms with Crippen LogP contribution >= 0.6 is 0 Å². The van der Waals surface area contributed by atoms with Crippen LogP contribution in [0.5, 0.6) is 0 Å². The van der Waals surface area contributed by atoms with Crippen molar-refractivity contribution in [3.05, 3.63) is 30.1 Å². The first-order valence-corrected chi connectivity index (χ1v) is 6.59. The number of carbonyl (C=O) groups excluding carboxylic acids is 2. The number of amides is 2. The van der Waals surface area contributed by atoms with Gasteiger partial charge in [-0.3, -0.25) is 4.79 Å². The van der Waals surface area contributed by atoms with Crippen LogP contribution in [0.25, 0.3) is 0 Å². The molecule has 1 aliphatic carbocycles. The number of benzene rings is 1. The minimum absolute atomic E-state index is 0.0335. The summed E-state index contributed by atoms with van der Waals surface area (Å²) >= 11 is 0. The third-order valence-electron chi connectivity index (χ3n) is 2.97. The van der Waals surface area contributed by atoms with Gasteiger partial charge in [-0.2, -0.15) is 0 Å². The molecule has 20 heavy (non-hydrogen) atoms. The Kier molecular flexibility index (Phi) is 4.55. The lowest BCUT2D eigenvalue weighted by Crippen LogP contribution is -2.41. The maximum atomic E-state index is 13.5. The number of nitrogens with one attached hydrogen (secondary N) is 1. The highest BCUT2D eigenvalue weighted by atomic mass is 19.1. The number of carbonyl (C=O) groups is 2. The molecule has 5 nitrogen and oxygen atoms in total. The summed E-state index contributed by atoms with van der Waals surface area (Å²) in [4.78, 5) is 25.0. The summed E-state index contributed by atoms with van der Waals surface area (Å²) in [5.41, 5.74) is 0.104. The highest BCUT2D eigenvalue weighted by Crippen LogP contribution is 2.27. The molecule has 2 rings (SSSR count). The van der Waals surface area contributed by atoms with Gasteiger partial charge in [0.05, 0.1) is 12.3 Å². The molecule has 0 aromatic heterocycles. The van der Waals surface area contributed by atoms with Crippen LogP contribution in [0.1, 0.15) is 19.8 Å². The van der Waals surface area contributed by atoms with Gasteiger partial charge in [-0.25, -0.2) is 9.18 Å². The van der Waals surface area contributed by atoms with Gasteiger partial charge in [0.2, 0.25) is 0 Å². The monoisotopic (exact) mass is 280 g/mol. The first kappa shape index (κ1) is 14.3. The fraction of sp³-hybridized carbons (Fsp3) is 0.429. The van der Waals surface area contributed by atoms with Crippen molar-refractivity contribution in [2.24, 2.45) is 0 Å². The zero-order valence-corrected chi connectivity index (χ0v) is 11.3. The molecular formula is C14H17FN2O3. The van der Waals surface area contributed by atoms with E-state index in [9.17, 15) is 14.0 Å². The summed E-state index contributed by atoms with van der Waals surface area (Å²) in [6.07, 6.45) is 1.70. The molecule has 1 fully saturated rings. The number of hydrogen-bond donors (Lipinski definition) is 1. The molecule has 0 unspecified atom stereocenters. The minimum Gasteiger partial charge on any atom is -0.465 e. The summed E-state index contributed by atoms with van der Waals surface area (Å²) in [6.45, 7) is 1.86. The van der Waals surface area contributed by atoms with Crippen LogP contribution in [0.3, 0.4) is 0 Å². The van der Waals surface area contributed by atoms with Gasteiger partial charge in [-0.1, -0.05) is 12.1 Å². The largest absolute Gasteiger partial charge is 0.465 e. The fourth-order valence-corrected chi connectivity index (χ4v) is 1.85. The molecule has 1 aliphatic rings. The van der Waals surface area contributed by atoms with E-state index in [4.69, 9.17) is 4.74 Å². The molecule has 0 radical (unpaired) electrons. The number of urea groups is 1. The van der Waals surface area contributed by atoms with Crippen LogP contribution in [0.2, 0.25) is 0 Å². The van der Waals surface area contributed by atoms with E-state index < -0.39 is 17.8 Å². The predicted octanol–water partition coefficient (Wildman–Crippen LogP) is 2.39. The second kappa shape index (κ2) is 6.36. The van der Waals surface area contributed by atoms with Crippen molar-refractivity contribution in [2.75, 3.05) is 18.5 Å². The van der Waals surface area contributed by atoms with E-state index in [0.29, 0.717) is 0 Å². The average Bonchev–Trinajstić information content (AvgIpc) is 3.23. The van der Waals surface area contributed by atoms with E-state index in [1.54, 1.807) is 19.1 Å². The Morgan fingerprint density at radius 3 is 2.70 bits per heavy atom. The second-order valence-corrected chi connectivity index (χ2v) is 4.57. The number of hydrogen-bond acceptors (Lipinski definition) is 3. The summed E-state index contributed by atoms with van der Waals surface area (Å²) in [7, 11) is 0. The molecule has 1 aromatic carbocycles. The quantitative estimate of drug-likeness (QED) is 0.842. The van der Waals surface area contributed by atoms with E-state index >= 15 is 0 Å². The molecule has 6 heteroatoms. The average molecular weight is 280 g/mol. The number of halogens is 1. The summed E-state index contributed by atoms with van der Waals surface area (Å²) in [6, 6.07) is 5.47. The number of para-hydroxylation sites is 1. The Morgan fingerprint density at radius 1 is 1.40 bits per heavy atom. The van der Waals surface area contributed by atoms with Crippen LogP contribution in [0.4, 0.5) is 14.9 Å². The van der Waals surface area contributed by atoms with E-state index in [0.717, 1.165) is 12.8 Å². The topological polar surface area (TPSA) is 58.6 Å². The molecule has 2 amide bonds. The van der Waals surface area contributed by atoms with Gasteiger partial charge < -0.3 is 15.0 Å². The normalized spacial score (nSPS) is 13.7. The van der Waals surface area contributed by atoms with E-state index in [-0.39, 0.29) is 24.9 Å². The molecule has 0 heterocycles. The molecule has 0 aliphatic heterocycles. The molecule has 1 aromatic rings. The number of anilines is 1. The lowest BCUT2D eigenvalue weighted by Gasteiger charge is -2.21. The summed E-state index contributed by atoms with van der Waals surface area (Å²) < 4.78 is 18.3. The van der Waals surface area contributed by atoms with Gasteiger partial charge >= 0.3 is 12.0 Å². The third-order valence-corrected chi connectivity index (χ3v) is 2.97. The Labute approximate surface area is 116 Å². The number of esters is 1. The maximum absolute atomic E-state index is 13.5. The summed E-state index contributed by atoms with van der Waals surface area (Å²) in [5.74, 6) is -0.962. The molecule has 1 N–H and O–H groups in total. The first-order chi connectivity index (χ1) is 9.61. The highest BCUT2D eigenvalue weighted by Gasteiger charge is 2.34. The Hall–Kier alpha value is -2.11. The Balaban J connectivity index is 2.00. The standard InChI is InChI=1S/C14H17FN2O3/c1-2-20-13(18)9-17(10-7-8-10)14(19)16-12-6-4-3-5-11(12)15/h3-6,10H,2,7-9H2,1H3,(H,16,19). The van der Waals surface area contributed by atoms with Crippen molar-refractivity contribution in [1.29, 1.82) is 0 Å². The number of ether oxygens (including phenoxy) is 1. The lowest BCUT2D eigenvalue weighted by atomic mass is 10.3. The van der Waals surface area contributed by atoms with Crippen LogP contribution in [0.15, 0.2) is 24.3 Å². The number of rotatable bonds is 5. The van der Waals surface area contributed by atoms with Crippen molar-refractivity contribution in [3.63, 3.8) is 0 Å². The molecule has 0 spiro atoms.